The van der Waals surface area contributed by atoms with E-state index in [-0.39, 0.29) is 23.8 Å². The molecule has 2 fully saturated rings. The molecular formula is C20H22FN3O3. The van der Waals surface area contributed by atoms with Crippen LogP contribution in [0.15, 0.2) is 18.2 Å². The van der Waals surface area contributed by atoms with Crippen LogP contribution in [0.5, 0.6) is 0 Å². The number of halogens is 1. The van der Waals surface area contributed by atoms with Crippen LogP contribution >= 0.6 is 0 Å². The van der Waals surface area contributed by atoms with E-state index in [1.54, 1.807) is 25.1 Å². The number of aryl methyl sites for hydroxylation is 1. The Morgan fingerprint density at radius 2 is 2.00 bits per heavy atom. The van der Waals surface area contributed by atoms with Crippen molar-refractivity contribution in [2.75, 3.05) is 13.1 Å². The highest BCUT2D eigenvalue weighted by molar-refractivity contribution is 6.01. The highest BCUT2D eigenvalue weighted by Gasteiger charge is 2.35. The number of hydrogen-bond donors (Lipinski definition) is 3. The number of hydrogen-bond acceptors (Lipinski definition) is 5. The van der Waals surface area contributed by atoms with Crippen molar-refractivity contribution in [1.82, 2.24) is 15.6 Å². The molecule has 2 saturated heterocycles. The number of pyridine rings is 1. The van der Waals surface area contributed by atoms with Crippen molar-refractivity contribution in [1.29, 1.82) is 0 Å². The third-order valence-corrected chi connectivity index (χ3v) is 5.71. The fourth-order valence-electron chi connectivity index (χ4n) is 4.13. The topological polar surface area (TPSA) is 91.3 Å². The number of aliphatic hydroxyl groups is 1. The number of nitrogens with zero attached hydrogens (tertiary/aromatic N) is 1. The lowest BCUT2D eigenvalue weighted by Gasteiger charge is -2.33. The molecule has 6 nitrogen and oxygen atoms in total. The molecule has 142 valence electrons. The lowest BCUT2D eigenvalue weighted by Crippen LogP contribution is -2.40. The Morgan fingerprint density at radius 1 is 1.26 bits per heavy atom. The highest BCUT2D eigenvalue weighted by Crippen LogP contribution is 2.36. The van der Waals surface area contributed by atoms with Gasteiger partial charge in [0.1, 0.15) is 5.82 Å². The number of aromatic nitrogens is 1. The third-order valence-electron chi connectivity index (χ3n) is 5.71. The summed E-state index contributed by atoms with van der Waals surface area (Å²) < 4.78 is 15.4. The van der Waals surface area contributed by atoms with Gasteiger partial charge in [0.15, 0.2) is 0 Å². The van der Waals surface area contributed by atoms with Gasteiger partial charge in [-0.05, 0) is 57.0 Å². The van der Waals surface area contributed by atoms with Gasteiger partial charge in [0.2, 0.25) is 11.8 Å². The molecule has 2 aromatic rings. The van der Waals surface area contributed by atoms with Crippen molar-refractivity contribution < 1.29 is 19.1 Å². The summed E-state index contributed by atoms with van der Waals surface area (Å²) in [6, 6.07) is 4.98. The van der Waals surface area contributed by atoms with Crippen LogP contribution in [0.1, 0.15) is 48.4 Å². The lowest BCUT2D eigenvalue weighted by molar-refractivity contribution is -0.134. The quantitative estimate of drug-likeness (QED) is 0.700. The molecule has 0 aliphatic carbocycles. The van der Waals surface area contributed by atoms with Crippen molar-refractivity contribution in [3.8, 4) is 0 Å². The predicted octanol–water partition coefficient (Wildman–Crippen LogP) is 1.77. The minimum atomic E-state index is -1.21. The number of imide groups is 1. The van der Waals surface area contributed by atoms with Gasteiger partial charge in [-0.25, -0.2) is 4.39 Å². The molecule has 0 saturated carbocycles. The Labute approximate surface area is 156 Å². The second-order valence-electron chi connectivity index (χ2n) is 7.44. The molecule has 3 heterocycles. The van der Waals surface area contributed by atoms with Gasteiger partial charge in [0, 0.05) is 23.1 Å². The number of carbonyl (C=O) groups is 2. The van der Waals surface area contributed by atoms with Crippen LogP contribution in [0.3, 0.4) is 0 Å². The molecule has 27 heavy (non-hydrogen) atoms. The zero-order valence-electron chi connectivity index (χ0n) is 15.1. The Kier molecular flexibility index (Phi) is 4.44. The Balaban J connectivity index is 1.81. The van der Waals surface area contributed by atoms with E-state index < -0.39 is 17.3 Å². The van der Waals surface area contributed by atoms with Crippen LogP contribution < -0.4 is 10.6 Å². The maximum absolute atomic E-state index is 15.4. The van der Waals surface area contributed by atoms with Crippen LogP contribution in [0.2, 0.25) is 0 Å². The van der Waals surface area contributed by atoms with Gasteiger partial charge in [-0.15, -0.1) is 0 Å². The first-order chi connectivity index (χ1) is 12.9. The largest absolute Gasteiger partial charge is 0.385 e. The van der Waals surface area contributed by atoms with Gasteiger partial charge in [-0.3, -0.25) is 19.9 Å². The first-order valence-corrected chi connectivity index (χ1v) is 9.26. The maximum atomic E-state index is 15.4. The second kappa shape index (κ2) is 6.65. The molecule has 2 aliphatic rings. The SMILES string of the molecule is Cc1nc2ccc(C3(O)CCNCC3)c(F)c2cc1C1CCC(=O)NC1=O. The molecule has 0 bridgehead atoms. The van der Waals surface area contributed by atoms with E-state index >= 15 is 4.39 Å². The van der Waals surface area contributed by atoms with E-state index in [4.69, 9.17) is 0 Å². The van der Waals surface area contributed by atoms with Crippen LogP contribution in [0.25, 0.3) is 10.9 Å². The fourth-order valence-corrected chi connectivity index (χ4v) is 4.13. The summed E-state index contributed by atoms with van der Waals surface area (Å²) in [6.45, 7) is 3.04. The predicted molar refractivity (Wildman–Crippen MR) is 97.6 cm³/mol. The minimum absolute atomic E-state index is 0.253. The summed E-state index contributed by atoms with van der Waals surface area (Å²) in [6.07, 6.45) is 1.52. The maximum Gasteiger partial charge on any atom is 0.234 e. The van der Waals surface area contributed by atoms with Crippen LogP contribution in [-0.2, 0) is 15.2 Å². The Morgan fingerprint density at radius 3 is 2.70 bits per heavy atom. The molecule has 1 aromatic carbocycles. The van der Waals surface area contributed by atoms with E-state index in [1.165, 1.54) is 0 Å². The molecule has 2 amide bonds. The third kappa shape index (κ3) is 3.11. The van der Waals surface area contributed by atoms with Crippen molar-refractivity contribution in [3.05, 3.63) is 40.8 Å². The van der Waals surface area contributed by atoms with E-state index in [2.05, 4.69) is 15.6 Å². The van der Waals surface area contributed by atoms with E-state index in [9.17, 15) is 14.7 Å². The fraction of sp³-hybridized carbons (Fsp3) is 0.450. The van der Waals surface area contributed by atoms with Gasteiger partial charge in [0.05, 0.1) is 17.0 Å². The average Bonchev–Trinajstić information content (AvgIpc) is 2.62. The standard InChI is InChI=1S/C20H22FN3O3/c1-11-13(12-2-5-17(25)24-19(12)26)10-14-16(23-11)4-3-15(18(14)21)20(27)6-8-22-9-7-20/h3-4,10,12,22,27H,2,5-9H2,1H3,(H,24,25,26). The van der Waals surface area contributed by atoms with Gasteiger partial charge < -0.3 is 10.4 Å². The number of piperidine rings is 2. The molecule has 1 unspecified atom stereocenters. The van der Waals surface area contributed by atoms with Crippen LogP contribution in [0.4, 0.5) is 4.39 Å². The van der Waals surface area contributed by atoms with Crippen molar-refractivity contribution in [3.63, 3.8) is 0 Å². The number of nitrogens with one attached hydrogen (secondary N) is 2. The lowest BCUT2D eigenvalue weighted by atomic mass is 9.83. The molecular weight excluding hydrogens is 349 g/mol. The van der Waals surface area contributed by atoms with Crippen LogP contribution in [-0.4, -0.2) is 35.0 Å². The molecule has 7 heteroatoms. The average molecular weight is 371 g/mol. The first kappa shape index (κ1) is 18.0. The van der Waals surface area contributed by atoms with E-state index in [1.807, 2.05) is 0 Å². The molecule has 2 aliphatic heterocycles. The summed E-state index contributed by atoms with van der Waals surface area (Å²) in [5, 5.41) is 16.7. The van der Waals surface area contributed by atoms with Crippen molar-refractivity contribution >= 4 is 22.7 Å². The normalized spacial score (nSPS) is 22.7. The number of fused-ring (bicyclic) bond motifs is 1. The molecule has 0 radical (unpaired) electrons. The van der Waals surface area contributed by atoms with Crippen LogP contribution in [0, 0.1) is 12.7 Å². The summed E-state index contributed by atoms with van der Waals surface area (Å²) in [4.78, 5) is 28.1. The number of benzene rings is 1. The molecule has 1 atom stereocenters. The molecule has 1 aromatic heterocycles. The number of carbonyl (C=O) groups excluding carboxylic acids is 2. The Bertz CT molecular complexity index is 938. The monoisotopic (exact) mass is 371 g/mol. The smallest absolute Gasteiger partial charge is 0.234 e. The zero-order valence-corrected chi connectivity index (χ0v) is 15.1. The van der Waals surface area contributed by atoms with Crippen molar-refractivity contribution in [2.45, 2.75) is 44.1 Å². The minimum Gasteiger partial charge on any atom is -0.385 e. The van der Waals surface area contributed by atoms with Gasteiger partial charge in [-0.2, -0.15) is 0 Å². The van der Waals surface area contributed by atoms with E-state index in [0.717, 1.165) is 0 Å². The molecule has 4 rings (SSSR count). The van der Waals surface area contributed by atoms with Crippen molar-refractivity contribution in [2.24, 2.45) is 0 Å². The number of amides is 2. The molecule has 3 N–H and O–H groups in total. The summed E-state index contributed by atoms with van der Waals surface area (Å²) >= 11 is 0. The number of rotatable bonds is 2. The summed E-state index contributed by atoms with van der Waals surface area (Å²) in [5.74, 6) is -1.67. The highest BCUT2D eigenvalue weighted by atomic mass is 19.1. The second-order valence-corrected chi connectivity index (χ2v) is 7.44. The van der Waals surface area contributed by atoms with E-state index in [0.29, 0.717) is 54.5 Å². The van der Waals surface area contributed by atoms with Gasteiger partial charge in [-0.1, -0.05) is 6.07 Å². The van der Waals surface area contributed by atoms with Gasteiger partial charge in [0.25, 0.3) is 0 Å². The zero-order chi connectivity index (χ0) is 19.2. The summed E-state index contributed by atoms with van der Waals surface area (Å²) in [7, 11) is 0. The Hall–Kier alpha value is -2.38. The van der Waals surface area contributed by atoms with Gasteiger partial charge >= 0.3 is 0 Å². The first-order valence-electron chi connectivity index (χ1n) is 9.26. The molecule has 0 spiro atoms. The summed E-state index contributed by atoms with van der Waals surface area (Å²) in [5.41, 5.74) is 0.827.